The molecule has 258 valence electrons. The third-order valence-electron chi connectivity index (χ3n) is 9.60. The van der Waals surface area contributed by atoms with E-state index in [-0.39, 0.29) is 54.7 Å². The average molecular weight is 643 g/mol. The Morgan fingerprint density at radius 2 is 1.63 bits per heavy atom. The van der Waals surface area contributed by atoms with Crippen molar-refractivity contribution in [2.45, 2.75) is 147 Å². The van der Waals surface area contributed by atoms with E-state index in [2.05, 4.69) is 19.1 Å². The molecule has 2 saturated heterocycles. The van der Waals surface area contributed by atoms with Gasteiger partial charge in [-0.3, -0.25) is 4.79 Å². The highest BCUT2D eigenvalue weighted by Crippen LogP contribution is 2.42. The van der Waals surface area contributed by atoms with E-state index in [1.165, 1.54) is 7.11 Å². The van der Waals surface area contributed by atoms with Crippen LogP contribution >= 0.6 is 0 Å². The van der Waals surface area contributed by atoms with Gasteiger partial charge in [0.15, 0.2) is 12.6 Å². The molecule has 0 radical (unpaired) electrons. The molecule has 1 aliphatic carbocycles. The van der Waals surface area contributed by atoms with Gasteiger partial charge in [0.1, 0.15) is 6.10 Å². The maximum atomic E-state index is 13.3. The van der Waals surface area contributed by atoms with Crippen molar-refractivity contribution in [3.8, 4) is 0 Å². The minimum absolute atomic E-state index is 0.0131. The highest BCUT2D eigenvalue weighted by atomic mass is 16.7. The maximum absolute atomic E-state index is 13.3. The molecule has 8 heteroatoms. The summed E-state index contributed by atoms with van der Waals surface area (Å²) in [5.74, 6) is -0.301. The molecule has 2 unspecified atom stereocenters. The van der Waals surface area contributed by atoms with Crippen LogP contribution in [-0.4, -0.2) is 63.2 Å². The summed E-state index contributed by atoms with van der Waals surface area (Å²) in [6.07, 6.45) is 20.0. The summed E-state index contributed by atoms with van der Waals surface area (Å²) < 4.78 is 36.3. The monoisotopic (exact) mass is 642 g/mol. The number of ether oxygens (including phenoxy) is 6. The molecule has 0 aromatic heterocycles. The molecule has 1 saturated carbocycles. The lowest BCUT2D eigenvalue weighted by atomic mass is 9.87. The van der Waals surface area contributed by atoms with Crippen LogP contribution in [0, 0.1) is 11.8 Å². The number of rotatable bonds is 19. The van der Waals surface area contributed by atoms with Gasteiger partial charge in [-0.05, 0) is 75.8 Å². The fourth-order valence-electron chi connectivity index (χ4n) is 6.98. The smallest absolute Gasteiger partial charge is 0.338 e. The Hall–Kier alpha value is -2.26. The molecule has 46 heavy (non-hydrogen) atoms. The first kappa shape index (κ1) is 36.6. The van der Waals surface area contributed by atoms with Gasteiger partial charge in [0.05, 0.1) is 24.9 Å². The maximum Gasteiger partial charge on any atom is 0.338 e. The van der Waals surface area contributed by atoms with Gasteiger partial charge in [0, 0.05) is 32.0 Å². The Morgan fingerprint density at radius 3 is 2.33 bits per heavy atom. The minimum atomic E-state index is -0.316. The lowest BCUT2D eigenvalue weighted by Gasteiger charge is -2.30. The Bertz CT molecular complexity index is 1020. The third-order valence-corrected chi connectivity index (χ3v) is 9.60. The van der Waals surface area contributed by atoms with Crippen molar-refractivity contribution in [2.75, 3.05) is 20.3 Å². The van der Waals surface area contributed by atoms with Gasteiger partial charge in [-0.25, -0.2) is 4.79 Å². The number of esters is 2. The molecule has 2 heterocycles. The number of carbonyl (C=O) groups excluding carboxylic acids is 2. The second-order valence-corrected chi connectivity index (χ2v) is 13.1. The zero-order chi connectivity index (χ0) is 32.4. The van der Waals surface area contributed by atoms with E-state index in [1.807, 2.05) is 18.2 Å². The van der Waals surface area contributed by atoms with E-state index in [4.69, 9.17) is 28.4 Å². The van der Waals surface area contributed by atoms with Gasteiger partial charge in [-0.1, -0.05) is 75.8 Å². The van der Waals surface area contributed by atoms with Crippen LogP contribution in [0.4, 0.5) is 0 Å². The Labute approximate surface area is 276 Å². The van der Waals surface area contributed by atoms with E-state index in [0.29, 0.717) is 18.4 Å². The summed E-state index contributed by atoms with van der Waals surface area (Å²) in [7, 11) is 1.44. The summed E-state index contributed by atoms with van der Waals surface area (Å²) in [6, 6.07) is 9.24. The molecule has 4 rings (SSSR count). The molecule has 0 N–H and O–H groups in total. The second kappa shape index (κ2) is 20.9. The lowest BCUT2D eigenvalue weighted by Crippen LogP contribution is -2.31. The third kappa shape index (κ3) is 12.4. The van der Waals surface area contributed by atoms with E-state index in [9.17, 15) is 9.59 Å². The first-order valence-electron chi connectivity index (χ1n) is 18.1. The van der Waals surface area contributed by atoms with Crippen molar-refractivity contribution in [3.63, 3.8) is 0 Å². The molecule has 7 atom stereocenters. The number of unbranched alkanes of at least 4 members (excludes halogenated alkanes) is 5. The fraction of sp³-hybridized carbons (Fsp3) is 0.737. The van der Waals surface area contributed by atoms with Crippen molar-refractivity contribution >= 4 is 11.9 Å². The Kier molecular flexibility index (Phi) is 16.6. The molecule has 1 aromatic carbocycles. The lowest BCUT2D eigenvalue weighted by molar-refractivity contribution is -0.196. The minimum Gasteiger partial charge on any atom is -0.469 e. The highest BCUT2D eigenvalue weighted by molar-refractivity contribution is 5.89. The van der Waals surface area contributed by atoms with Gasteiger partial charge in [-0.15, -0.1) is 0 Å². The molecule has 3 aliphatic rings. The molecule has 8 nitrogen and oxygen atoms in total. The van der Waals surface area contributed by atoms with Gasteiger partial charge in [0.2, 0.25) is 0 Å². The molecule has 1 aromatic rings. The van der Waals surface area contributed by atoms with E-state index < -0.39 is 0 Å². The van der Waals surface area contributed by atoms with Crippen LogP contribution in [0.3, 0.4) is 0 Å². The number of benzene rings is 1. The van der Waals surface area contributed by atoms with Crippen LogP contribution in [0.1, 0.15) is 126 Å². The first-order chi connectivity index (χ1) is 22.6. The largest absolute Gasteiger partial charge is 0.469 e. The van der Waals surface area contributed by atoms with Gasteiger partial charge in [0.25, 0.3) is 0 Å². The van der Waals surface area contributed by atoms with Crippen molar-refractivity contribution in [1.29, 1.82) is 0 Å². The summed E-state index contributed by atoms with van der Waals surface area (Å²) in [4.78, 5) is 24.9. The summed E-state index contributed by atoms with van der Waals surface area (Å²) in [5, 5.41) is 0. The Morgan fingerprint density at radius 1 is 0.891 bits per heavy atom. The zero-order valence-electron chi connectivity index (χ0n) is 28.3. The van der Waals surface area contributed by atoms with Gasteiger partial charge >= 0.3 is 11.9 Å². The van der Waals surface area contributed by atoms with Crippen molar-refractivity contribution in [2.24, 2.45) is 11.8 Å². The quantitative estimate of drug-likeness (QED) is 0.0846. The average Bonchev–Trinajstić information content (AvgIpc) is 3.40. The van der Waals surface area contributed by atoms with Crippen molar-refractivity contribution in [1.82, 2.24) is 0 Å². The molecular formula is C38H58O8. The fourth-order valence-corrected chi connectivity index (χ4v) is 6.98. The van der Waals surface area contributed by atoms with Gasteiger partial charge in [-0.2, -0.15) is 0 Å². The molecular weight excluding hydrogens is 584 g/mol. The standard InChI is InChI=1S/C38H58O8/c1-3-4-8-19-30(44-36-22-13-15-26-42-36)24-25-32-31(20-11-5-6-12-21-35(39)41-2)33(45-37-23-14-16-27-43-37)28-34(32)46-38(40)29-17-9-7-10-18-29/h7,9-10,17-18,24-25,30-34,36-37H,3-6,8,11-16,19-23,26-28H2,1-2H3/t30-,31+,32+,33-,34+,36?,37?/m0/s1. The number of carbonyl (C=O) groups is 2. The predicted molar refractivity (Wildman–Crippen MR) is 177 cm³/mol. The zero-order valence-corrected chi connectivity index (χ0v) is 28.3. The van der Waals surface area contributed by atoms with Gasteiger partial charge < -0.3 is 28.4 Å². The highest BCUT2D eigenvalue weighted by Gasteiger charge is 2.45. The summed E-state index contributed by atoms with van der Waals surface area (Å²) >= 11 is 0. The van der Waals surface area contributed by atoms with E-state index >= 15 is 0 Å². The normalized spacial score (nSPS) is 27.4. The molecule has 0 spiro atoms. The Balaban J connectivity index is 1.52. The summed E-state index contributed by atoms with van der Waals surface area (Å²) in [5.41, 5.74) is 0.558. The molecule has 3 fully saturated rings. The predicted octanol–water partition coefficient (Wildman–Crippen LogP) is 8.32. The summed E-state index contributed by atoms with van der Waals surface area (Å²) in [6.45, 7) is 3.69. The number of hydrogen-bond acceptors (Lipinski definition) is 8. The molecule has 0 amide bonds. The van der Waals surface area contributed by atoms with E-state index in [1.54, 1.807) is 12.1 Å². The van der Waals surface area contributed by atoms with Crippen LogP contribution in [0.15, 0.2) is 42.5 Å². The second-order valence-electron chi connectivity index (χ2n) is 13.1. The molecule has 0 bridgehead atoms. The molecule has 2 aliphatic heterocycles. The van der Waals surface area contributed by atoms with Crippen LogP contribution in [0.25, 0.3) is 0 Å². The first-order valence-corrected chi connectivity index (χ1v) is 18.1. The SMILES string of the molecule is CCCCC[C@@H](C=C[C@@H]1[C@@H](CCCCCCC(=O)OC)[C@@H](OC2CCCCO2)C[C@H]1OC(=O)c1ccccc1)OC1CCCCO1. The van der Waals surface area contributed by atoms with Crippen molar-refractivity contribution in [3.05, 3.63) is 48.0 Å². The van der Waals surface area contributed by atoms with Crippen molar-refractivity contribution < 1.29 is 38.0 Å². The number of methoxy groups -OCH3 is 1. The van der Waals surface area contributed by atoms with E-state index in [0.717, 1.165) is 110 Å². The van der Waals surface area contributed by atoms with Crippen LogP contribution in [-0.2, 0) is 33.2 Å². The van der Waals surface area contributed by atoms with Crippen LogP contribution in [0.2, 0.25) is 0 Å². The topological polar surface area (TPSA) is 89.5 Å². The van der Waals surface area contributed by atoms with Crippen LogP contribution < -0.4 is 0 Å². The van der Waals surface area contributed by atoms with Crippen LogP contribution in [0.5, 0.6) is 0 Å². The number of hydrogen-bond donors (Lipinski definition) is 0.